The molecule has 0 spiro atoms. The van der Waals surface area contributed by atoms with E-state index in [4.69, 9.17) is 28.3 Å². The zero-order valence-electron chi connectivity index (χ0n) is 9.68. The van der Waals surface area contributed by atoms with Crippen molar-refractivity contribution in [2.75, 3.05) is 5.32 Å². The van der Waals surface area contributed by atoms with Crippen LogP contribution in [0.1, 0.15) is 5.69 Å². The predicted octanol–water partition coefficient (Wildman–Crippen LogP) is 1.72. The largest absolute Gasteiger partial charge is 0.390 e. The molecule has 0 saturated heterocycles. The number of carbonyl (C=O) groups excluding carboxylic acids is 1. The lowest BCUT2D eigenvalue weighted by Gasteiger charge is -2.06. The Labute approximate surface area is 118 Å². The summed E-state index contributed by atoms with van der Waals surface area (Å²) >= 11 is 11.6. The molecule has 100 valence electrons. The van der Waals surface area contributed by atoms with E-state index in [-0.39, 0.29) is 19.1 Å². The van der Waals surface area contributed by atoms with Crippen LogP contribution in [0.5, 0.6) is 0 Å². The summed E-state index contributed by atoms with van der Waals surface area (Å²) in [4.78, 5) is 11.8. The molecule has 0 saturated carbocycles. The number of halogens is 2. The molecule has 0 radical (unpaired) electrons. The fourth-order valence-corrected chi connectivity index (χ4v) is 1.99. The van der Waals surface area contributed by atoms with Gasteiger partial charge in [0.25, 0.3) is 0 Å². The average molecular weight is 301 g/mol. The molecule has 0 aliphatic rings. The average Bonchev–Trinajstić information content (AvgIpc) is 2.74. The summed E-state index contributed by atoms with van der Waals surface area (Å²) in [5, 5.41) is 19.7. The van der Waals surface area contributed by atoms with E-state index in [0.29, 0.717) is 21.4 Å². The summed E-state index contributed by atoms with van der Waals surface area (Å²) in [6.07, 6.45) is 1.49. The topological polar surface area (TPSA) is 80.0 Å². The van der Waals surface area contributed by atoms with Crippen molar-refractivity contribution in [1.82, 2.24) is 15.0 Å². The molecule has 0 unspecified atom stereocenters. The van der Waals surface area contributed by atoms with Crippen molar-refractivity contribution in [3.63, 3.8) is 0 Å². The Kier molecular flexibility index (Phi) is 4.36. The molecule has 0 aliphatic carbocycles. The van der Waals surface area contributed by atoms with Crippen molar-refractivity contribution >= 4 is 34.8 Å². The Morgan fingerprint density at radius 2 is 2.00 bits per heavy atom. The summed E-state index contributed by atoms with van der Waals surface area (Å²) in [6.45, 7) is -0.233. The summed E-state index contributed by atoms with van der Waals surface area (Å²) in [5.41, 5.74) is 0.906. The second-order valence-electron chi connectivity index (χ2n) is 3.77. The van der Waals surface area contributed by atoms with Crippen molar-refractivity contribution in [3.05, 3.63) is 40.1 Å². The minimum absolute atomic E-state index is 0.0167. The molecule has 1 heterocycles. The quantitative estimate of drug-likeness (QED) is 0.901. The molecule has 0 fully saturated rings. The number of nitrogens with zero attached hydrogens (tertiary/aromatic N) is 3. The molecular formula is C11H10Cl2N4O2. The van der Waals surface area contributed by atoms with Crippen LogP contribution in [-0.2, 0) is 17.9 Å². The van der Waals surface area contributed by atoms with Gasteiger partial charge in [-0.25, -0.2) is 4.68 Å². The van der Waals surface area contributed by atoms with E-state index in [9.17, 15) is 4.79 Å². The molecule has 8 heteroatoms. The number of anilines is 1. The van der Waals surface area contributed by atoms with Crippen LogP contribution in [0.4, 0.5) is 5.69 Å². The molecule has 2 N–H and O–H groups in total. The number of carbonyl (C=O) groups is 1. The number of hydrogen-bond acceptors (Lipinski definition) is 4. The number of nitrogens with one attached hydrogen (secondary N) is 1. The first-order valence-corrected chi connectivity index (χ1v) is 6.08. The molecule has 1 amide bonds. The van der Waals surface area contributed by atoms with Gasteiger partial charge in [-0.1, -0.05) is 28.4 Å². The van der Waals surface area contributed by atoms with Crippen LogP contribution in [0.25, 0.3) is 0 Å². The van der Waals surface area contributed by atoms with Gasteiger partial charge >= 0.3 is 0 Å². The van der Waals surface area contributed by atoms with Gasteiger partial charge in [0, 0.05) is 15.7 Å². The van der Waals surface area contributed by atoms with E-state index < -0.39 is 0 Å². The third-order valence-electron chi connectivity index (χ3n) is 2.20. The van der Waals surface area contributed by atoms with Gasteiger partial charge < -0.3 is 10.4 Å². The van der Waals surface area contributed by atoms with E-state index in [2.05, 4.69) is 15.6 Å². The lowest BCUT2D eigenvalue weighted by Crippen LogP contribution is -2.19. The van der Waals surface area contributed by atoms with E-state index in [1.54, 1.807) is 18.2 Å². The van der Waals surface area contributed by atoms with Crippen molar-refractivity contribution < 1.29 is 9.90 Å². The number of benzene rings is 1. The first-order chi connectivity index (χ1) is 9.06. The van der Waals surface area contributed by atoms with Crippen molar-refractivity contribution in [2.45, 2.75) is 13.2 Å². The van der Waals surface area contributed by atoms with Crippen LogP contribution < -0.4 is 5.32 Å². The minimum Gasteiger partial charge on any atom is -0.390 e. The minimum atomic E-state index is -0.298. The molecule has 1 aromatic heterocycles. The van der Waals surface area contributed by atoms with Crippen molar-refractivity contribution in [1.29, 1.82) is 0 Å². The highest BCUT2D eigenvalue weighted by Gasteiger charge is 2.07. The normalized spacial score (nSPS) is 10.5. The maximum atomic E-state index is 11.8. The van der Waals surface area contributed by atoms with Gasteiger partial charge in [0.1, 0.15) is 12.2 Å². The number of aromatic nitrogens is 3. The molecular weight excluding hydrogens is 291 g/mol. The molecule has 6 nitrogen and oxygen atoms in total. The maximum absolute atomic E-state index is 11.8. The van der Waals surface area contributed by atoms with Crippen molar-refractivity contribution in [2.24, 2.45) is 0 Å². The Morgan fingerprint density at radius 1 is 1.32 bits per heavy atom. The number of aliphatic hydroxyl groups is 1. The standard InChI is InChI=1S/C11H10Cl2N4O2/c12-7-1-8(13)3-9(2-7)14-11(19)5-17-4-10(6-18)15-16-17/h1-4,18H,5-6H2,(H,14,19). The molecule has 2 aromatic rings. The van der Waals surface area contributed by atoms with Crippen LogP contribution >= 0.6 is 23.2 Å². The van der Waals surface area contributed by atoms with Gasteiger partial charge in [0.15, 0.2) is 0 Å². The zero-order chi connectivity index (χ0) is 13.8. The zero-order valence-corrected chi connectivity index (χ0v) is 11.2. The summed E-state index contributed by atoms with van der Waals surface area (Å²) in [7, 11) is 0. The number of amides is 1. The van der Waals surface area contributed by atoms with E-state index >= 15 is 0 Å². The first kappa shape index (κ1) is 13.8. The van der Waals surface area contributed by atoms with Gasteiger partial charge in [-0.05, 0) is 18.2 Å². The molecule has 0 atom stereocenters. The number of hydrogen-bond donors (Lipinski definition) is 2. The Morgan fingerprint density at radius 3 is 2.58 bits per heavy atom. The molecule has 0 bridgehead atoms. The first-order valence-electron chi connectivity index (χ1n) is 5.32. The van der Waals surface area contributed by atoms with E-state index in [1.165, 1.54) is 10.9 Å². The fraction of sp³-hybridized carbons (Fsp3) is 0.182. The summed E-state index contributed by atoms with van der Waals surface area (Å²) < 4.78 is 1.33. The Balaban J connectivity index is 2.00. The molecule has 19 heavy (non-hydrogen) atoms. The SMILES string of the molecule is O=C(Cn1cc(CO)nn1)Nc1cc(Cl)cc(Cl)c1. The smallest absolute Gasteiger partial charge is 0.246 e. The highest BCUT2D eigenvalue weighted by Crippen LogP contribution is 2.22. The molecule has 1 aromatic carbocycles. The Hall–Kier alpha value is -1.63. The highest BCUT2D eigenvalue weighted by molar-refractivity contribution is 6.35. The van der Waals surface area contributed by atoms with Crippen LogP contribution in [0.2, 0.25) is 10.0 Å². The fourth-order valence-electron chi connectivity index (χ4n) is 1.46. The second-order valence-corrected chi connectivity index (χ2v) is 4.64. The van der Waals surface area contributed by atoms with E-state index in [0.717, 1.165) is 0 Å². The number of rotatable bonds is 4. The predicted molar refractivity (Wildman–Crippen MR) is 71.0 cm³/mol. The van der Waals surface area contributed by atoms with Crippen LogP contribution in [-0.4, -0.2) is 26.0 Å². The lowest BCUT2D eigenvalue weighted by atomic mass is 10.3. The van der Waals surface area contributed by atoms with Gasteiger partial charge in [-0.2, -0.15) is 0 Å². The van der Waals surface area contributed by atoms with Gasteiger partial charge in [-0.15, -0.1) is 5.10 Å². The summed E-state index contributed by atoms with van der Waals surface area (Å²) in [5.74, 6) is -0.298. The van der Waals surface area contributed by atoms with E-state index in [1.807, 2.05) is 0 Å². The molecule has 0 aliphatic heterocycles. The van der Waals surface area contributed by atoms with Gasteiger partial charge in [-0.3, -0.25) is 4.79 Å². The third kappa shape index (κ3) is 3.92. The highest BCUT2D eigenvalue weighted by atomic mass is 35.5. The van der Waals surface area contributed by atoms with Crippen LogP contribution in [0.3, 0.4) is 0 Å². The van der Waals surface area contributed by atoms with Crippen LogP contribution in [0.15, 0.2) is 24.4 Å². The van der Waals surface area contributed by atoms with Crippen molar-refractivity contribution in [3.8, 4) is 0 Å². The maximum Gasteiger partial charge on any atom is 0.246 e. The third-order valence-corrected chi connectivity index (χ3v) is 2.64. The Bertz CT molecular complexity index is 580. The van der Waals surface area contributed by atoms with Crippen LogP contribution in [0, 0.1) is 0 Å². The van der Waals surface area contributed by atoms with Gasteiger partial charge in [0.05, 0.1) is 12.8 Å². The van der Waals surface area contributed by atoms with Gasteiger partial charge in [0.2, 0.25) is 5.91 Å². The second kappa shape index (κ2) is 6.01. The lowest BCUT2D eigenvalue weighted by molar-refractivity contribution is -0.116. The summed E-state index contributed by atoms with van der Waals surface area (Å²) in [6, 6.07) is 4.75. The monoisotopic (exact) mass is 300 g/mol. The number of aliphatic hydroxyl groups excluding tert-OH is 1. The molecule has 2 rings (SSSR count).